The van der Waals surface area contributed by atoms with E-state index in [0.29, 0.717) is 11.5 Å². The summed E-state index contributed by atoms with van der Waals surface area (Å²) < 4.78 is 14.4. The molecule has 3 rings (SSSR count). The number of hydrogen-bond acceptors (Lipinski definition) is 5. The molecule has 0 aliphatic carbocycles. The normalized spacial score (nSPS) is 15.8. The second-order valence-electron chi connectivity index (χ2n) is 5.34. The van der Waals surface area contributed by atoms with Gasteiger partial charge in [-0.3, -0.25) is 9.48 Å². The zero-order valence-electron chi connectivity index (χ0n) is 12.2. The lowest BCUT2D eigenvalue weighted by Crippen LogP contribution is -2.45. The van der Waals surface area contributed by atoms with E-state index >= 15 is 0 Å². The maximum atomic E-state index is 12.8. The molecule has 0 atom stereocenters. The maximum absolute atomic E-state index is 12.8. The van der Waals surface area contributed by atoms with Gasteiger partial charge in [0.1, 0.15) is 0 Å². The predicted octanol–water partition coefficient (Wildman–Crippen LogP) is 0.748. The minimum absolute atomic E-state index is 0.107. The van der Waals surface area contributed by atoms with E-state index < -0.39 is 5.82 Å². The van der Waals surface area contributed by atoms with Crippen LogP contribution in [0.5, 0.6) is 0 Å². The molecule has 7 nitrogen and oxygen atoms in total. The van der Waals surface area contributed by atoms with Gasteiger partial charge < -0.3 is 10.2 Å². The molecular formula is C14H17FN6O. The van der Waals surface area contributed by atoms with Gasteiger partial charge in [-0.15, -0.1) is 0 Å². The van der Waals surface area contributed by atoms with Crippen LogP contribution >= 0.6 is 0 Å². The number of anilines is 1. The van der Waals surface area contributed by atoms with Crippen molar-refractivity contribution in [1.82, 2.24) is 25.1 Å². The van der Waals surface area contributed by atoms with Crippen LogP contribution in [-0.4, -0.2) is 44.8 Å². The molecule has 2 aromatic rings. The third kappa shape index (κ3) is 3.21. The monoisotopic (exact) mass is 304 g/mol. The minimum Gasteiger partial charge on any atom is -0.349 e. The molecule has 1 N–H and O–H groups in total. The Hall–Kier alpha value is -2.51. The van der Waals surface area contributed by atoms with Crippen molar-refractivity contribution in [3.05, 3.63) is 36.2 Å². The molecule has 8 heteroatoms. The number of rotatable bonds is 3. The average molecular weight is 304 g/mol. The smallest absolute Gasteiger partial charge is 0.254 e. The zero-order chi connectivity index (χ0) is 15.5. The van der Waals surface area contributed by atoms with Crippen LogP contribution in [0.15, 0.2) is 24.8 Å². The molecule has 22 heavy (non-hydrogen) atoms. The second-order valence-corrected chi connectivity index (χ2v) is 5.34. The van der Waals surface area contributed by atoms with Crippen LogP contribution in [0.25, 0.3) is 0 Å². The summed E-state index contributed by atoms with van der Waals surface area (Å²) in [7, 11) is 1.78. The van der Waals surface area contributed by atoms with Gasteiger partial charge in [0.05, 0.1) is 24.2 Å². The lowest BCUT2D eigenvalue weighted by Gasteiger charge is -2.32. The Labute approximate surface area is 127 Å². The molecule has 1 saturated heterocycles. The third-order valence-electron chi connectivity index (χ3n) is 3.69. The fourth-order valence-corrected chi connectivity index (χ4v) is 2.50. The highest BCUT2D eigenvalue weighted by molar-refractivity contribution is 5.93. The van der Waals surface area contributed by atoms with Crippen molar-refractivity contribution in [3.63, 3.8) is 0 Å². The summed E-state index contributed by atoms with van der Waals surface area (Å²) in [4.78, 5) is 22.0. The van der Waals surface area contributed by atoms with Gasteiger partial charge in [0, 0.05) is 32.4 Å². The first kappa shape index (κ1) is 14.4. The molecule has 0 aromatic carbocycles. The summed E-state index contributed by atoms with van der Waals surface area (Å²) in [6, 6.07) is 0.115. The molecule has 1 aliphatic heterocycles. The van der Waals surface area contributed by atoms with E-state index in [1.54, 1.807) is 24.1 Å². The van der Waals surface area contributed by atoms with Crippen LogP contribution in [0, 0.1) is 5.82 Å². The summed E-state index contributed by atoms with van der Waals surface area (Å²) in [5.74, 6) is -0.0228. The van der Waals surface area contributed by atoms with Gasteiger partial charge in [0.25, 0.3) is 5.91 Å². The molecule has 3 heterocycles. The van der Waals surface area contributed by atoms with Crippen LogP contribution in [0.4, 0.5) is 10.3 Å². The molecule has 0 saturated carbocycles. The van der Waals surface area contributed by atoms with E-state index in [1.165, 1.54) is 12.4 Å². The first-order valence-corrected chi connectivity index (χ1v) is 7.14. The Balaban J connectivity index is 1.53. The van der Waals surface area contributed by atoms with E-state index in [9.17, 15) is 9.18 Å². The van der Waals surface area contributed by atoms with E-state index in [2.05, 4.69) is 20.4 Å². The SMILES string of the molecule is Cn1cc(C(=O)NC2CCN(c3ncc(F)cn3)CC2)cn1. The molecule has 1 fully saturated rings. The lowest BCUT2D eigenvalue weighted by atomic mass is 10.1. The number of hydrogen-bond donors (Lipinski definition) is 1. The van der Waals surface area contributed by atoms with Gasteiger partial charge in [-0.2, -0.15) is 5.10 Å². The van der Waals surface area contributed by atoms with E-state index in [-0.39, 0.29) is 11.9 Å². The Kier molecular flexibility index (Phi) is 3.99. The highest BCUT2D eigenvalue weighted by atomic mass is 19.1. The largest absolute Gasteiger partial charge is 0.349 e. The van der Waals surface area contributed by atoms with Gasteiger partial charge >= 0.3 is 0 Å². The highest BCUT2D eigenvalue weighted by Crippen LogP contribution is 2.16. The van der Waals surface area contributed by atoms with Gasteiger partial charge in [0.15, 0.2) is 5.82 Å². The molecule has 0 unspecified atom stereocenters. The fourth-order valence-electron chi connectivity index (χ4n) is 2.50. The van der Waals surface area contributed by atoms with Crippen LogP contribution in [0.3, 0.4) is 0 Å². The average Bonchev–Trinajstić information content (AvgIpc) is 2.96. The van der Waals surface area contributed by atoms with Crippen molar-refractivity contribution in [3.8, 4) is 0 Å². The van der Waals surface area contributed by atoms with Crippen molar-refractivity contribution >= 4 is 11.9 Å². The number of aromatic nitrogens is 4. The van der Waals surface area contributed by atoms with Crippen molar-refractivity contribution in [1.29, 1.82) is 0 Å². The number of aryl methyl sites for hydroxylation is 1. The van der Waals surface area contributed by atoms with Crippen LogP contribution in [0.2, 0.25) is 0 Å². The Bertz CT molecular complexity index is 648. The standard InChI is InChI=1S/C14H17FN6O/c1-20-9-10(6-18-20)13(22)19-12-2-4-21(5-3-12)14-16-7-11(15)8-17-14/h6-9,12H,2-5H2,1H3,(H,19,22). The molecular weight excluding hydrogens is 287 g/mol. The number of nitrogens with zero attached hydrogens (tertiary/aromatic N) is 5. The van der Waals surface area contributed by atoms with E-state index in [0.717, 1.165) is 25.9 Å². The van der Waals surface area contributed by atoms with Crippen molar-refractivity contribution in [2.45, 2.75) is 18.9 Å². The third-order valence-corrected chi connectivity index (χ3v) is 3.69. The number of halogens is 1. The number of piperidine rings is 1. The van der Waals surface area contributed by atoms with Gasteiger partial charge in [-0.25, -0.2) is 14.4 Å². The summed E-state index contributed by atoms with van der Waals surface area (Å²) >= 11 is 0. The van der Waals surface area contributed by atoms with Gasteiger partial charge in [-0.1, -0.05) is 0 Å². The van der Waals surface area contributed by atoms with Crippen molar-refractivity contribution in [2.24, 2.45) is 7.05 Å². The molecule has 116 valence electrons. The van der Waals surface area contributed by atoms with E-state index in [4.69, 9.17) is 0 Å². The van der Waals surface area contributed by atoms with E-state index in [1.807, 2.05) is 4.90 Å². The number of carbonyl (C=O) groups excluding carboxylic acids is 1. The van der Waals surface area contributed by atoms with Crippen molar-refractivity contribution < 1.29 is 9.18 Å². The number of amides is 1. The molecule has 2 aromatic heterocycles. The predicted molar refractivity (Wildman–Crippen MR) is 77.9 cm³/mol. The number of carbonyl (C=O) groups is 1. The van der Waals surface area contributed by atoms with Crippen molar-refractivity contribution in [2.75, 3.05) is 18.0 Å². The Morgan fingerprint density at radius 3 is 2.55 bits per heavy atom. The van der Waals surface area contributed by atoms with Crippen LogP contribution in [0.1, 0.15) is 23.2 Å². The van der Waals surface area contributed by atoms with Gasteiger partial charge in [-0.05, 0) is 12.8 Å². The first-order valence-electron chi connectivity index (χ1n) is 7.14. The van der Waals surface area contributed by atoms with Crippen LogP contribution in [-0.2, 0) is 7.05 Å². The topological polar surface area (TPSA) is 75.9 Å². The summed E-state index contributed by atoms with van der Waals surface area (Å²) in [5.41, 5.74) is 0.562. The lowest BCUT2D eigenvalue weighted by molar-refractivity contribution is 0.0931. The maximum Gasteiger partial charge on any atom is 0.254 e. The molecule has 1 aliphatic rings. The first-order chi connectivity index (χ1) is 10.6. The van der Waals surface area contributed by atoms with Gasteiger partial charge in [0.2, 0.25) is 5.95 Å². The molecule has 0 spiro atoms. The fraction of sp³-hybridized carbons (Fsp3) is 0.429. The van der Waals surface area contributed by atoms with Crippen LogP contribution < -0.4 is 10.2 Å². The highest BCUT2D eigenvalue weighted by Gasteiger charge is 2.23. The second kappa shape index (κ2) is 6.08. The molecule has 1 amide bonds. The Morgan fingerprint density at radius 1 is 1.27 bits per heavy atom. The summed E-state index contributed by atoms with van der Waals surface area (Å²) in [6.45, 7) is 1.45. The summed E-state index contributed by atoms with van der Waals surface area (Å²) in [5, 5.41) is 7.00. The quantitative estimate of drug-likeness (QED) is 0.905. The Morgan fingerprint density at radius 2 is 1.95 bits per heavy atom. The molecule has 0 radical (unpaired) electrons. The zero-order valence-corrected chi connectivity index (χ0v) is 12.2. The summed E-state index contributed by atoms with van der Waals surface area (Å²) in [6.07, 6.45) is 7.17. The minimum atomic E-state index is -0.442. The molecule has 0 bridgehead atoms. The number of nitrogens with one attached hydrogen (secondary N) is 1.